The highest BCUT2D eigenvalue weighted by atomic mass is 32.1. The zero-order valence-corrected chi connectivity index (χ0v) is 10.5. The summed E-state index contributed by atoms with van der Waals surface area (Å²) in [6.07, 6.45) is 0. The molecule has 3 heteroatoms. The quantitative estimate of drug-likeness (QED) is 0.786. The number of benzene rings is 1. The van der Waals surface area contributed by atoms with Gasteiger partial charge < -0.3 is 4.74 Å². The Morgan fingerprint density at radius 1 is 1.25 bits per heavy atom. The SMILES string of the molecule is CC(C)(C)Oc1csc(-c2cc[c]cc2)n1. The second-order valence-corrected chi connectivity index (χ2v) is 5.35. The van der Waals surface area contributed by atoms with Crippen molar-refractivity contribution in [3.63, 3.8) is 0 Å². The highest BCUT2D eigenvalue weighted by Gasteiger charge is 2.14. The average molecular weight is 232 g/mol. The van der Waals surface area contributed by atoms with E-state index in [9.17, 15) is 0 Å². The molecule has 1 radical (unpaired) electrons. The summed E-state index contributed by atoms with van der Waals surface area (Å²) in [5.41, 5.74) is 0.906. The van der Waals surface area contributed by atoms with Crippen LogP contribution in [0.1, 0.15) is 20.8 Å². The normalized spacial score (nSPS) is 11.4. The van der Waals surface area contributed by atoms with E-state index in [2.05, 4.69) is 11.1 Å². The van der Waals surface area contributed by atoms with Crippen molar-refractivity contribution >= 4 is 11.3 Å². The lowest BCUT2D eigenvalue weighted by atomic mass is 10.2. The Morgan fingerprint density at radius 3 is 2.56 bits per heavy atom. The monoisotopic (exact) mass is 232 g/mol. The Labute approximate surface area is 99.9 Å². The fourth-order valence-electron chi connectivity index (χ4n) is 1.28. The van der Waals surface area contributed by atoms with Crippen molar-refractivity contribution in [1.29, 1.82) is 0 Å². The molecule has 0 saturated heterocycles. The van der Waals surface area contributed by atoms with Gasteiger partial charge in [-0.05, 0) is 26.8 Å². The molecule has 0 N–H and O–H groups in total. The largest absolute Gasteiger partial charge is 0.471 e. The Balaban J connectivity index is 2.21. The van der Waals surface area contributed by atoms with Gasteiger partial charge in [0.25, 0.3) is 0 Å². The van der Waals surface area contributed by atoms with Crippen LogP contribution in [-0.4, -0.2) is 10.6 Å². The van der Waals surface area contributed by atoms with Crippen LogP contribution >= 0.6 is 11.3 Å². The first-order chi connectivity index (χ1) is 7.54. The van der Waals surface area contributed by atoms with E-state index in [0.717, 1.165) is 10.6 Å². The standard InChI is InChI=1S/C13H14NOS/c1-13(2,3)15-11-9-16-12(14-11)10-7-5-4-6-8-10/h5-9H,1-3H3. The van der Waals surface area contributed by atoms with Gasteiger partial charge in [0.15, 0.2) is 0 Å². The first-order valence-corrected chi connectivity index (χ1v) is 6.03. The molecule has 0 bridgehead atoms. The molecule has 0 aliphatic carbocycles. The fraction of sp³-hybridized carbons (Fsp3) is 0.308. The molecular weight excluding hydrogens is 218 g/mol. The van der Waals surface area contributed by atoms with E-state index in [1.165, 1.54) is 0 Å². The molecule has 1 heterocycles. The summed E-state index contributed by atoms with van der Waals surface area (Å²) in [4.78, 5) is 4.45. The second-order valence-electron chi connectivity index (χ2n) is 4.49. The molecule has 0 saturated carbocycles. The number of hydrogen-bond donors (Lipinski definition) is 0. The van der Waals surface area contributed by atoms with Crippen LogP contribution in [0.2, 0.25) is 0 Å². The molecule has 0 spiro atoms. The maximum Gasteiger partial charge on any atom is 0.225 e. The van der Waals surface area contributed by atoms with Crippen molar-refractivity contribution in [2.45, 2.75) is 26.4 Å². The van der Waals surface area contributed by atoms with Crippen molar-refractivity contribution in [2.24, 2.45) is 0 Å². The maximum atomic E-state index is 5.70. The van der Waals surface area contributed by atoms with Crippen molar-refractivity contribution in [2.75, 3.05) is 0 Å². The topological polar surface area (TPSA) is 22.1 Å². The van der Waals surface area contributed by atoms with Crippen molar-refractivity contribution in [3.05, 3.63) is 35.7 Å². The summed E-state index contributed by atoms with van der Waals surface area (Å²) in [5.74, 6) is 0.695. The highest BCUT2D eigenvalue weighted by molar-refractivity contribution is 7.13. The lowest BCUT2D eigenvalue weighted by Crippen LogP contribution is -2.23. The Hall–Kier alpha value is -1.35. The molecular formula is C13H14NOS. The number of thiazole rings is 1. The summed E-state index contributed by atoms with van der Waals surface area (Å²) in [7, 11) is 0. The minimum atomic E-state index is -0.199. The zero-order valence-electron chi connectivity index (χ0n) is 9.65. The van der Waals surface area contributed by atoms with Gasteiger partial charge in [-0.25, -0.2) is 4.98 Å². The third-order valence-electron chi connectivity index (χ3n) is 1.86. The third kappa shape index (κ3) is 2.83. The molecule has 1 aromatic carbocycles. The van der Waals surface area contributed by atoms with Gasteiger partial charge in [-0.1, -0.05) is 24.3 Å². The molecule has 0 amide bonds. The van der Waals surface area contributed by atoms with Gasteiger partial charge in [-0.2, -0.15) is 0 Å². The summed E-state index contributed by atoms with van der Waals surface area (Å²) in [5, 5.41) is 2.92. The van der Waals surface area contributed by atoms with E-state index in [0.29, 0.717) is 5.88 Å². The highest BCUT2D eigenvalue weighted by Crippen LogP contribution is 2.28. The molecule has 0 aliphatic rings. The molecule has 0 unspecified atom stereocenters. The molecule has 16 heavy (non-hydrogen) atoms. The minimum absolute atomic E-state index is 0.199. The van der Waals surface area contributed by atoms with Crippen molar-refractivity contribution < 1.29 is 4.74 Å². The van der Waals surface area contributed by atoms with Crippen LogP contribution in [0.5, 0.6) is 5.88 Å². The predicted molar refractivity (Wildman–Crippen MR) is 66.8 cm³/mol. The third-order valence-corrected chi connectivity index (χ3v) is 2.73. The zero-order chi connectivity index (χ0) is 11.6. The molecule has 2 rings (SSSR count). The maximum absolute atomic E-state index is 5.70. The second kappa shape index (κ2) is 4.26. The van der Waals surface area contributed by atoms with Crippen LogP contribution in [0.25, 0.3) is 10.6 Å². The van der Waals surface area contributed by atoms with Gasteiger partial charge in [-0.15, -0.1) is 11.3 Å². The molecule has 0 aliphatic heterocycles. The van der Waals surface area contributed by atoms with E-state index >= 15 is 0 Å². The predicted octanol–water partition coefficient (Wildman–Crippen LogP) is 3.79. The summed E-state index contributed by atoms with van der Waals surface area (Å²) >= 11 is 1.59. The van der Waals surface area contributed by atoms with Crippen LogP contribution in [0.3, 0.4) is 0 Å². The van der Waals surface area contributed by atoms with E-state index in [-0.39, 0.29) is 5.60 Å². The lowest BCUT2D eigenvalue weighted by Gasteiger charge is -2.18. The average Bonchev–Trinajstić information content (AvgIpc) is 2.65. The first kappa shape index (κ1) is 11.1. The van der Waals surface area contributed by atoms with Gasteiger partial charge in [0, 0.05) is 5.56 Å². The van der Waals surface area contributed by atoms with Gasteiger partial charge in [0.05, 0.1) is 5.38 Å². The Kier molecular flexibility index (Phi) is 2.97. The van der Waals surface area contributed by atoms with Crippen LogP contribution in [0.4, 0.5) is 0 Å². The Bertz CT molecular complexity index is 456. The van der Waals surface area contributed by atoms with Crippen molar-refractivity contribution in [1.82, 2.24) is 4.98 Å². The molecule has 1 aromatic heterocycles. The number of rotatable bonds is 2. The van der Waals surface area contributed by atoms with E-state index < -0.39 is 0 Å². The summed E-state index contributed by atoms with van der Waals surface area (Å²) in [6, 6.07) is 10.8. The lowest BCUT2D eigenvalue weighted by molar-refractivity contribution is 0.125. The van der Waals surface area contributed by atoms with E-state index in [4.69, 9.17) is 4.74 Å². The number of nitrogens with zero attached hydrogens (tertiary/aromatic N) is 1. The minimum Gasteiger partial charge on any atom is -0.471 e. The number of hydrogen-bond acceptors (Lipinski definition) is 3. The Morgan fingerprint density at radius 2 is 1.94 bits per heavy atom. The van der Waals surface area contributed by atoms with Crippen LogP contribution < -0.4 is 4.74 Å². The summed E-state index contributed by atoms with van der Waals surface area (Å²) < 4.78 is 5.70. The molecule has 83 valence electrons. The van der Waals surface area contributed by atoms with Gasteiger partial charge in [-0.3, -0.25) is 0 Å². The van der Waals surface area contributed by atoms with Crippen LogP contribution in [0.15, 0.2) is 29.6 Å². The molecule has 2 aromatic rings. The van der Waals surface area contributed by atoms with Gasteiger partial charge in [0.1, 0.15) is 10.6 Å². The van der Waals surface area contributed by atoms with Crippen LogP contribution in [0, 0.1) is 6.07 Å². The molecule has 0 atom stereocenters. The smallest absolute Gasteiger partial charge is 0.225 e. The van der Waals surface area contributed by atoms with Crippen molar-refractivity contribution in [3.8, 4) is 16.5 Å². The van der Waals surface area contributed by atoms with Crippen LogP contribution in [-0.2, 0) is 0 Å². The first-order valence-electron chi connectivity index (χ1n) is 5.16. The fourth-order valence-corrected chi connectivity index (χ4v) is 2.01. The molecule has 2 nitrogen and oxygen atoms in total. The number of aromatic nitrogens is 1. The van der Waals surface area contributed by atoms with Gasteiger partial charge in [0.2, 0.25) is 5.88 Å². The summed E-state index contributed by atoms with van der Waals surface area (Å²) in [6.45, 7) is 6.05. The molecule has 0 fully saturated rings. The van der Waals surface area contributed by atoms with Gasteiger partial charge >= 0.3 is 0 Å². The van der Waals surface area contributed by atoms with E-state index in [1.807, 2.05) is 50.4 Å². The van der Waals surface area contributed by atoms with E-state index in [1.54, 1.807) is 11.3 Å². The number of ether oxygens (including phenoxy) is 1.